The first-order valence-electron chi connectivity index (χ1n) is 9.60. The molecule has 0 saturated carbocycles. The summed E-state index contributed by atoms with van der Waals surface area (Å²) >= 11 is 0. The van der Waals surface area contributed by atoms with Crippen molar-refractivity contribution in [1.82, 2.24) is 20.4 Å². The molecule has 142 valence electrons. The molecule has 2 fully saturated rings. The lowest BCUT2D eigenvalue weighted by Gasteiger charge is -2.21. The van der Waals surface area contributed by atoms with Gasteiger partial charge < -0.3 is 19.7 Å². The van der Waals surface area contributed by atoms with Crippen molar-refractivity contribution in [3.63, 3.8) is 0 Å². The summed E-state index contributed by atoms with van der Waals surface area (Å²) in [5.74, 6) is 0.658. The zero-order valence-corrected chi connectivity index (χ0v) is 15.8. The van der Waals surface area contributed by atoms with Gasteiger partial charge in [0.2, 0.25) is 0 Å². The molecular weight excluding hydrogens is 354 g/mol. The molecule has 2 bridgehead atoms. The van der Waals surface area contributed by atoms with E-state index in [1.54, 1.807) is 0 Å². The van der Waals surface area contributed by atoms with Crippen LogP contribution in [-0.2, 0) is 0 Å². The molecule has 3 aromatic rings. The van der Waals surface area contributed by atoms with E-state index in [1.807, 2.05) is 43.0 Å². The van der Waals surface area contributed by atoms with Crippen LogP contribution in [0.15, 0.2) is 28.8 Å². The Morgan fingerprint density at radius 2 is 2.21 bits per heavy atom. The van der Waals surface area contributed by atoms with Gasteiger partial charge in [0.25, 0.3) is 5.91 Å². The number of aromatic amines is 1. The Hall–Kier alpha value is -3.27. The molecule has 4 heterocycles. The fourth-order valence-electron chi connectivity index (χ4n) is 4.85. The monoisotopic (exact) mass is 375 g/mol. The van der Waals surface area contributed by atoms with Crippen molar-refractivity contribution in [2.45, 2.75) is 51.2 Å². The van der Waals surface area contributed by atoms with E-state index in [0.29, 0.717) is 5.69 Å². The summed E-state index contributed by atoms with van der Waals surface area (Å²) in [4.78, 5) is 17.9. The first-order chi connectivity index (χ1) is 13.5. The Morgan fingerprint density at radius 1 is 1.36 bits per heavy atom. The van der Waals surface area contributed by atoms with E-state index in [0.717, 1.165) is 52.7 Å². The lowest BCUT2D eigenvalue weighted by atomic mass is 9.95. The molecular formula is C21H21N5O2. The van der Waals surface area contributed by atoms with Gasteiger partial charge in [0.15, 0.2) is 6.19 Å². The molecule has 3 atom stereocenters. The van der Waals surface area contributed by atoms with Crippen LogP contribution in [0.5, 0.6) is 0 Å². The van der Waals surface area contributed by atoms with Crippen LogP contribution in [0.25, 0.3) is 22.0 Å². The van der Waals surface area contributed by atoms with E-state index in [1.165, 1.54) is 0 Å². The van der Waals surface area contributed by atoms with E-state index >= 15 is 0 Å². The molecule has 7 nitrogen and oxygen atoms in total. The van der Waals surface area contributed by atoms with Crippen LogP contribution in [0.3, 0.4) is 0 Å². The number of nitrogens with zero attached hydrogens (tertiary/aromatic N) is 3. The standard InChI is InChI=1S/C21H21N5O2/c1-11-20(12(2)28-25-11)14-4-3-13-7-18(23-16(13)8-14)21(27)24-17-9-15-5-6-19(17)26(15)10-22/h3-4,7-8,15,17,19,23H,5-6,9H2,1-2H3,(H,24,27)/t15-,17+,19+/m0/s1. The quantitative estimate of drug-likeness (QED) is 0.685. The Kier molecular flexibility index (Phi) is 3.69. The molecule has 2 aliphatic rings. The number of amides is 1. The normalized spacial score (nSPS) is 23.3. The van der Waals surface area contributed by atoms with E-state index in [-0.39, 0.29) is 24.0 Å². The highest BCUT2D eigenvalue weighted by molar-refractivity contribution is 5.99. The first kappa shape index (κ1) is 16.9. The fraction of sp³-hybridized carbons (Fsp3) is 0.381. The Bertz CT molecular complexity index is 1100. The van der Waals surface area contributed by atoms with Crippen LogP contribution in [0.1, 0.15) is 41.2 Å². The molecule has 0 spiro atoms. The Balaban J connectivity index is 1.40. The van der Waals surface area contributed by atoms with E-state index < -0.39 is 0 Å². The maximum atomic E-state index is 12.8. The summed E-state index contributed by atoms with van der Waals surface area (Å²) in [7, 11) is 0. The molecule has 0 radical (unpaired) electrons. The number of hydrogen-bond donors (Lipinski definition) is 2. The second-order valence-electron chi connectivity index (χ2n) is 7.81. The van der Waals surface area contributed by atoms with Gasteiger partial charge in [0.05, 0.1) is 17.8 Å². The molecule has 1 amide bonds. The third-order valence-corrected chi connectivity index (χ3v) is 6.16. The van der Waals surface area contributed by atoms with Gasteiger partial charge in [-0.15, -0.1) is 0 Å². The van der Waals surface area contributed by atoms with Gasteiger partial charge in [-0.05, 0) is 50.8 Å². The van der Waals surface area contributed by atoms with Crippen LogP contribution in [0.4, 0.5) is 0 Å². The number of hydrogen-bond acceptors (Lipinski definition) is 5. The number of H-pyrrole nitrogens is 1. The van der Waals surface area contributed by atoms with Crippen molar-refractivity contribution in [3.8, 4) is 17.3 Å². The second kappa shape index (κ2) is 6.13. The SMILES string of the molecule is Cc1noc(C)c1-c1ccc2cc(C(=O)N[C@@H]3C[C@@H]4CC[C@H]3N4C#N)[nH]c2c1. The summed E-state index contributed by atoms with van der Waals surface area (Å²) in [6, 6.07) is 8.36. The van der Waals surface area contributed by atoms with Gasteiger partial charge in [0, 0.05) is 22.5 Å². The smallest absolute Gasteiger partial charge is 0.268 e. The van der Waals surface area contributed by atoms with Gasteiger partial charge >= 0.3 is 0 Å². The highest BCUT2D eigenvalue weighted by Crippen LogP contribution is 2.37. The third-order valence-electron chi connectivity index (χ3n) is 6.16. The summed E-state index contributed by atoms with van der Waals surface area (Å²) in [5, 5.41) is 17.4. The van der Waals surface area contributed by atoms with Crippen molar-refractivity contribution in [2.75, 3.05) is 0 Å². The van der Waals surface area contributed by atoms with E-state index in [9.17, 15) is 10.1 Å². The summed E-state index contributed by atoms with van der Waals surface area (Å²) in [6.45, 7) is 3.82. The highest BCUT2D eigenvalue weighted by Gasteiger charge is 2.46. The minimum absolute atomic E-state index is 0.0372. The molecule has 2 N–H and O–H groups in total. The first-order valence-corrected chi connectivity index (χ1v) is 9.60. The Morgan fingerprint density at radius 3 is 2.93 bits per heavy atom. The van der Waals surface area contributed by atoms with Gasteiger partial charge in [0.1, 0.15) is 11.5 Å². The summed E-state index contributed by atoms with van der Waals surface area (Å²) in [6.07, 6.45) is 5.14. The van der Waals surface area contributed by atoms with Gasteiger partial charge in [-0.2, -0.15) is 5.26 Å². The van der Waals surface area contributed by atoms with Crippen molar-refractivity contribution >= 4 is 16.8 Å². The number of fused-ring (bicyclic) bond motifs is 3. The van der Waals surface area contributed by atoms with Crippen molar-refractivity contribution < 1.29 is 9.32 Å². The number of benzene rings is 1. The minimum Gasteiger partial charge on any atom is -0.361 e. The molecule has 28 heavy (non-hydrogen) atoms. The van der Waals surface area contributed by atoms with Crippen LogP contribution >= 0.6 is 0 Å². The molecule has 2 aliphatic heterocycles. The molecule has 1 aromatic carbocycles. The molecule has 2 saturated heterocycles. The van der Waals surface area contributed by atoms with Gasteiger partial charge in [-0.1, -0.05) is 17.3 Å². The number of carbonyl (C=O) groups is 1. The number of aromatic nitrogens is 2. The molecule has 2 aromatic heterocycles. The average molecular weight is 375 g/mol. The lowest BCUT2D eigenvalue weighted by Crippen LogP contribution is -2.43. The van der Waals surface area contributed by atoms with Crippen LogP contribution in [0, 0.1) is 25.3 Å². The molecule has 7 heteroatoms. The zero-order valence-electron chi connectivity index (χ0n) is 15.8. The average Bonchev–Trinajstić information content (AvgIpc) is 3.43. The number of rotatable bonds is 3. The minimum atomic E-state index is -0.120. The maximum absolute atomic E-state index is 12.8. The number of carbonyl (C=O) groups excluding carboxylic acids is 1. The van der Waals surface area contributed by atoms with E-state index in [4.69, 9.17) is 4.52 Å². The largest absolute Gasteiger partial charge is 0.361 e. The number of nitrogens with one attached hydrogen (secondary N) is 2. The molecule has 5 rings (SSSR count). The fourth-order valence-corrected chi connectivity index (χ4v) is 4.85. The summed E-state index contributed by atoms with van der Waals surface area (Å²) < 4.78 is 5.27. The van der Waals surface area contributed by atoms with Gasteiger partial charge in [-0.25, -0.2) is 0 Å². The lowest BCUT2D eigenvalue weighted by molar-refractivity contribution is 0.0924. The van der Waals surface area contributed by atoms with Crippen LogP contribution in [0.2, 0.25) is 0 Å². The number of nitriles is 1. The molecule has 0 unspecified atom stereocenters. The summed E-state index contributed by atoms with van der Waals surface area (Å²) in [5.41, 5.74) is 4.28. The zero-order chi connectivity index (χ0) is 19.4. The van der Waals surface area contributed by atoms with Crippen molar-refractivity contribution in [2.24, 2.45) is 0 Å². The topological polar surface area (TPSA) is 97.9 Å². The molecule has 0 aliphatic carbocycles. The second-order valence-corrected chi connectivity index (χ2v) is 7.81. The predicted molar refractivity (Wildman–Crippen MR) is 103 cm³/mol. The van der Waals surface area contributed by atoms with E-state index in [2.05, 4.69) is 21.7 Å². The maximum Gasteiger partial charge on any atom is 0.268 e. The predicted octanol–water partition coefficient (Wildman–Crippen LogP) is 3.26. The number of aryl methyl sites for hydroxylation is 2. The van der Waals surface area contributed by atoms with Crippen molar-refractivity contribution in [3.05, 3.63) is 41.4 Å². The highest BCUT2D eigenvalue weighted by atomic mass is 16.5. The Labute approximate surface area is 162 Å². The van der Waals surface area contributed by atoms with Crippen LogP contribution in [-0.4, -0.2) is 39.1 Å². The van der Waals surface area contributed by atoms with Crippen LogP contribution < -0.4 is 5.32 Å². The van der Waals surface area contributed by atoms with Crippen molar-refractivity contribution in [1.29, 1.82) is 5.26 Å². The third kappa shape index (κ3) is 2.48. The van der Waals surface area contributed by atoms with Gasteiger partial charge in [-0.3, -0.25) is 4.79 Å².